The van der Waals surface area contributed by atoms with E-state index >= 15 is 0 Å². The fourth-order valence-electron chi connectivity index (χ4n) is 3.63. The Labute approximate surface area is 208 Å². The zero-order valence-electron chi connectivity index (χ0n) is 19.7. The first-order chi connectivity index (χ1) is 16.5. The first kappa shape index (κ1) is 26.3. The van der Waals surface area contributed by atoms with Crippen molar-refractivity contribution in [2.45, 2.75) is 19.9 Å². The molecule has 188 valence electrons. The van der Waals surface area contributed by atoms with E-state index in [0.717, 1.165) is 17.3 Å². The number of nitrogens with one attached hydrogen (secondary N) is 1. The second-order valence-electron chi connectivity index (χ2n) is 7.92. The van der Waals surface area contributed by atoms with E-state index in [2.05, 4.69) is 10.4 Å². The number of rotatable bonds is 6. The van der Waals surface area contributed by atoms with Gasteiger partial charge in [-0.3, -0.25) is 9.59 Å². The van der Waals surface area contributed by atoms with Crippen molar-refractivity contribution >= 4 is 56.1 Å². The van der Waals surface area contributed by atoms with Crippen LogP contribution in [-0.4, -0.2) is 59.4 Å². The fraction of sp³-hybridized carbons (Fsp3) is 0.318. The number of hydrogen-bond donors (Lipinski definition) is 3. The number of aromatic nitrogens is 3. The molecule has 11 nitrogen and oxygen atoms in total. The summed E-state index contributed by atoms with van der Waals surface area (Å²) in [6.45, 7) is 3.14. The lowest BCUT2D eigenvalue weighted by Gasteiger charge is -2.18. The third-order valence-electron chi connectivity index (χ3n) is 5.56. The number of aryl methyl sites for hydroxylation is 1. The van der Waals surface area contributed by atoms with E-state index in [0.29, 0.717) is 35.7 Å². The fourth-order valence-corrected chi connectivity index (χ4v) is 4.31. The van der Waals surface area contributed by atoms with Gasteiger partial charge >= 0.3 is 0 Å². The van der Waals surface area contributed by atoms with Gasteiger partial charge in [0, 0.05) is 38.6 Å². The molecule has 0 aliphatic carbocycles. The summed E-state index contributed by atoms with van der Waals surface area (Å²) in [7, 11) is -1.76. The Morgan fingerprint density at radius 1 is 1.34 bits per heavy atom. The second-order valence-corrected chi connectivity index (χ2v) is 10.4. The molecule has 0 radical (unpaired) electrons. The number of nitrogens with zero attached hydrogens (tertiary/aromatic N) is 4. The van der Waals surface area contributed by atoms with Crippen molar-refractivity contribution in [1.82, 2.24) is 18.7 Å². The van der Waals surface area contributed by atoms with E-state index < -0.39 is 15.9 Å². The number of sulfonamides is 1. The van der Waals surface area contributed by atoms with Gasteiger partial charge < -0.3 is 21.4 Å². The zero-order chi connectivity index (χ0) is 25.9. The molecule has 3 heterocycles. The monoisotopic (exact) mass is 521 g/mol. The molecule has 0 spiro atoms. The highest BCUT2D eigenvalue weighted by atomic mass is 35.5. The molecule has 4 rings (SSSR count). The van der Waals surface area contributed by atoms with Crippen molar-refractivity contribution in [2.75, 3.05) is 37.4 Å². The van der Waals surface area contributed by atoms with Crippen LogP contribution in [-0.2, 0) is 23.0 Å². The van der Waals surface area contributed by atoms with Crippen molar-refractivity contribution in [3.63, 3.8) is 0 Å². The van der Waals surface area contributed by atoms with Crippen LogP contribution in [0.25, 0.3) is 17.0 Å². The SMILES string of the molecule is CCc1cc2cccc(Cl)c2c(=O)n1CCN(C)S(C)(=O)=O.NC(=O)c1c(N)nn2c1NCC=C2. The normalized spacial score (nSPS) is 12.7. The number of hydrogen-bond acceptors (Lipinski definition) is 7. The van der Waals surface area contributed by atoms with Crippen LogP contribution in [0.2, 0.25) is 5.02 Å². The Morgan fingerprint density at radius 3 is 2.69 bits per heavy atom. The summed E-state index contributed by atoms with van der Waals surface area (Å²) in [6.07, 6.45) is 5.42. The number of halogens is 1. The van der Waals surface area contributed by atoms with Crippen molar-refractivity contribution in [1.29, 1.82) is 0 Å². The Bertz CT molecular complexity index is 1460. The van der Waals surface area contributed by atoms with Gasteiger partial charge in [-0.05, 0) is 30.0 Å². The Morgan fingerprint density at radius 2 is 2.06 bits per heavy atom. The molecule has 35 heavy (non-hydrogen) atoms. The first-order valence-corrected chi connectivity index (χ1v) is 13.0. The molecule has 0 saturated carbocycles. The number of amides is 1. The number of fused-ring (bicyclic) bond motifs is 2. The molecule has 0 fully saturated rings. The second kappa shape index (κ2) is 10.5. The minimum absolute atomic E-state index is 0.154. The van der Waals surface area contributed by atoms with Gasteiger partial charge in [0.25, 0.3) is 11.5 Å². The minimum Gasteiger partial charge on any atom is -0.381 e. The van der Waals surface area contributed by atoms with Gasteiger partial charge in [0.05, 0.1) is 16.7 Å². The van der Waals surface area contributed by atoms with E-state index in [4.69, 9.17) is 23.1 Å². The van der Waals surface area contributed by atoms with E-state index in [1.165, 1.54) is 16.0 Å². The number of nitrogen functional groups attached to an aromatic ring is 1. The van der Waals surface area contributed by atoms with Gasteiger partial charge in [-0.15, -0.1) is 5.10 Å². The quantitative estimate of drug-likeness (QED) is 0.444. The number of carbonyl (C=O) groups excluding carboxylic acids is 1. The van der Waals surface area contributed by atoms with Crippen LogP contribution >= 0.6 is 11.6 Å². The van der Waals surface area contributed by atoms with Crippen LogP contribution in [0.1, 0.15) is 23.0 Å². The Hall–Kier alpha value is -3.35. The smallest absolute Gasteiger partial charge is 0.260 e. The molecular weight excluding hydrogens is 494 g/mol. The summed E-state index contributed by atoms with van der Waals surface area (Å²) < 4.78 is 27.3. The number of primary amides is 1. The van der Waals surface area contributed by atoms with Gasteiger partial charge in [-0.2, -0.15) is 0 Å². The summed E-state index contributed by atoms with van der Waals surface area (Å²) in [5.41, 5.74) is 11.6. The number of likely N-dealkylation sites (N-methyl/N-ethyl adjacent to an activating group) is 1. The predicted octanol–water partition coefficient (Wildman–Crippen LogP) is 1.57. The number of anilines is 2. The van der Waals surface area contributed by atoms with Crippen LogP contribution in [0.5, 0.6) is 0 Å². The lowest BCUT2D eigenvalue weighted by atomic mass is 10.1. The molecule has 1 amide bonds. The van der Waals surface area contributed by atoms with Crippen LogP contribution in [0.4, 0.5) is 11.6 Å². The molecule has 2 aromatic heterocycles. The third-order valence-corrected chi connectivity index (χ3v) is 7.19. The van der Waals surface area contributed by atoms with Crippen LogP contribution in [0.3, 0.4) is 0 Å². The molecule has 0 bridgehead atoms. The van der Waals surface area contributed by atoms with Gasteiger partial charge in [0.15, 0.2) is 5.82 Å². The van der Waals surface area contributed by atoms with Crippen molar-refractivity contribution in [3.05, 3.63) is 57.0 Å². The zero-order valence-corrected chi connectivity index (χ0v) is 21.2. The Kier molecular flexibility index (Phi) is 7.88. The van der Waals surface area contributed by atoms with Crippen molar-refractivity contribution in [2.24, 2.45) is 5.73 Å². The third kappa shape index (κ3) is 5.66. The molecule has 1 aliphatic rings. The molecule has 0 saturated heterocycles. The molecule has 3 aromatic rings. The summed E-state index contributed by atoms with van der Waals surface area (Å²) in [4.78, 5) is 23.7. The predicted molar refractivity (Wildman–Crippen MR) is 139 cm³/mol. The average molecular weight is 522 g/mol. The Balaban J connectivity index is 0.000000223. The molecule has 1 aliphatic heterocycles. The van der Waals surface area contributed by atoms with Gasteiger partial charge in [0.1, 0.15) is 11.4 Å². The van der Waals surface area contributed by atoms with Crippen molar-refractivity contribution in [3.8, 4) is 0 Å². The van der Waals surface area contributed by atoms with Crippen LogP contribution in [0.15, 0.2) is 35.1 Å². The summed E-state index contributed by atoms with van der Waals surface area (Å²) in [6, 6.07) is 7.28. The maximum atomic E-state index is 12.7. The highest BCUT2D eigenvalue weighted by Gasteiger charge is 2.20. The number of benzene rings is 1. The van der Waals surface area contributed by atoms with Crippen LogP contribution in [0, 0.1) is 0 Å². The number of pyridine rings is 1. The molecule has 0 atom stereocenters. The van der Waals surface area contributed by atoms with E-state index in [1.54, 1.807) is 16.8 Å². The standard InChI is InChI=1S/C15H19ClN2O3S.C7H9N5O/c1-4-12-10-11-6-5-7-13(16)14(11)15(19)18(12)9-8-17(2)22(3,20)21;8-5-4(6(9)13)7-10-2-1-3-12(7)11-5/h5-7,10H,4,8-9H2,1-3H3;1,3,10H,2H2,(H2,8,11)(H2,9,13). The highest BCUT2D eigenvalue weighted by Crippen LogP contribution is 2.23. The average Bonchev–Trinajstić information content (AvgIpc) is 3.13. The maximum absolute atomic E-state index is 12.7. The largest absolute Gasteiger partial charge is 0.381 e. The lowest BCUT2D eigenvalue weighted by Crippen LogP contribution is -2.33. The van der Waals surface area contributed by atoms with E-state index in [9.17, 15) is 18.0 Å². The first-order valence-electron chi connectivity index (χ1n) is 10.8. The van der Waals surface area contributed by atoms with E-state index in [-0.39, 0.29) is 23.5 Å². The van der Waals surface area contributed by atoms with Crippen molar-refractivity contribution < 1.29 is 13.2 Å². The van der Waals surface area contributed by atoms with Gasteiger partial charge in [-0.1, -0.05) is 30.7 Å². The maximum Gasteiger partial charge on any atom is 0.260 e. The van der Waals surface area contributed by atoms with Crippen LogP contribution < -0.4 is 22.3 Å². The lowest BCUT2D eigenvalue weighted by molar-refractivity contribution is 0.100. The molecule has 13 heteroatoms. The molecular formula is C22H28ClN7O4S. The minimum atomic E-state index is -3.26. The van der Waals surface area contributed by atoms with Gasteiger partial charge in [-0.25, -0.2) is 17.4 Å². The van der Waals surface area contributed by atoms with E-state index in [1.807, 2.05) is 31.2 Å². The summed E-state index contributed by atoms with van der Waals surface area (Å²) in [5.74, 6) is 0.149. The molecule has 0 unspecified atom stereocenters. The molecule has 5 N–H and O–H groups in total. The molecule has 1 aromatic carbocycles. The topological polar surface area (TPSA) is 158 Å². The number of carbonyl (C=O) groups is 1. The number of nitrogens with two attached hydrogens (primary N) is 2. The summed E-state index contributed by atoms with van der Waals surface area (Å²) >= 11 is 6.15. The summed E-state index contributed by atoms with van der Waals surface area (Å²) in [5, 5.41) is 8.58. The highest BCUT2D eigenvalue weighted by molar-refractivity contribution is 7.88. The van der Waals surface area contributed by atoms with Gasteiger partial charge in [0.2, 0.25) is 10.0 Å².